The summed E-state index contributed by atoms with van der Waals surface area (Å²) in [6.07, 6.45) is 1.13. The topological polar surface area (TPSA) is 29.5 Å². The van der Waals surface area contributed by atoms with Gasteiger partial charge < -0.3 is 9.84 Å². The maximum atomic E-state index is 13.5. The molecule has 20 heavy (non-hydrogen) atoms. The smallest absolute Gasteiger partial charge is 0.141 e. The lowest BCUT2D eigenvalue weighted by molar-refractivity contribution is 0.214. The van der Waals surface area contributed by atoms with Crippen LogP contribution in [0.15, 0.2) is 45.8 Å². The van der Waals surface area contributed by atoms with E-state index in [1.54, 1.807) is 17.8 Å². The Labute approximate surface area is 130 Å². The van der Waals surface area contributed by atoms with Crippen molar-refractivity contribution in [3.8, 4) is 5.75 Å². The van der Waals surface area contributed by atoms with Crippen molar-refractivity contribution < 1.29 is 14.2 Å². The van der Waals surface area contributed by atoms with Gasteiger partial charge in [0.25, 0.3) is 0 Å². The second-order valence-electron chi connectivity index (χ2n) is 4.18. The maximum Gasteiger partial charge on any atom is 0.141 e. The van der Waals surface area contributed by atoms with E-state index < -0.39 is 11.9 Å². The molecule has 0 heterocycles. The number of methoxy groups -OCH3 is 1. The molecule has 0 bridgehead atoms. The summed E-state index contributed by atoms with van der Waals surface area (Å²) in [7, 11) is 1.45. The Kier molecular flexibility index (Phi) is 5.07. The van der Waals surface area contributed by atoms with Crippen molar-refractivity contribution >= 4 is 27.7 Å². The highest BCUT2D eigenvalue weighted by Gasteiger charge is 2.18. The number of thioether (sulfide) groups is 1. The third kappa shape index (κ3) is 3.16. The van der Waals surface area contributed by atoms with Crippen LogP contribution in [0.3, 0.4) is 0 Å². The fourth-order valence-electron chi connectivity index (χ4n) is 1.90. The van der Waals surface area contributed by atoms with E-state index in [0.29, 0.717) is 15.8 Å². The highest BCUT2D eigenvalue weighted by Crippen LogP contribution is 2.34. The second kappa shape index (κ2) is 6.61. The summed E-state index contributed by atoms with van der Waals surface area (Å²) in [5.74, 6) is -0.0947. The van der Waals surface area contributed by atoms with E-state index in [-0.39, 0.29) is 0 Å². The van der Waals surface area contributed by atoms with E-state index >= 15 is 0 Å². The van der Waals surface area contributed by atoms with E-state index in [2.05, 4.69) is 15.9 Å². The molecule has 2 nitrogen and oxygen atoms in total. The number of hydrogen-bond donors (Lipinski definition) is 1. The normalized spacial score (nSPS) is 12.2. The lowest BCUT2D eigenvalue weighted by atomic mass is 10.0. The molecule has 5 heteroatoms. The fourth-order valence-corrected chi connectivity index (χ4v) is 2.67. The Morgan fingerprint density at radius 2 is 1.90 bits per heavy atom. The quantitative estimate of drug-likeness (QED) is 0.823. The average Bonchev–Trinajstić information content (AvgIpc) is 2.49. The van der Waals surface area contributed by atoms with Gasteiger partial charge in [0.1, 0.15) is 17.7 Å². The molecule has 0 spiro atoms. The van der Waals surface area contributed by atoms with E-state index in [4.69, 9.17) is 4.74 Å². The molecule has 2 rings (SSSR count). The molecule has 2 aromatic rings. The molecule has 2 aromatic carbocycles. The molecule has 0 aliphatic heterocycles. The summed E-state index contributed by atoms with van der Waals surface area (Å²) >= 11 is 4.76. The second-order valence-corrected chi connectivity index (χ2v) is 5.92. The minimum absolute atomic E-state index is 0.299. The van der Waals surface area contributed by atoms with Crippen molar-refractivity contribution in [3.05, 3.63) is 57.8 Å². The van der Waals surface area contributed by atoms with Crippen LogP contribution in [0.4, 0.5) is 4.39 Å². The lowest BCUT2D eigenvalue weighted by Gasteiger charge is -2.16. The van der Waals surface area contributed by atoms with Gasteiger partial charge in [0.15, 0.2) is 0 Å². The van der Waals surface area contributed by atoms with Gasteiger partial charge in [-0.2, -0.15) is 0 Å². The monoisotopic (exact) mass is 356 g/mol. The molecule has 1 unspecified atom stereocenters. The first-order chi connectivity index (χ1) is 9.56. The SMILES string of the molecule is COc1cc(F)c(Br)cc1C(O)c1ccc(SC)cc1. The molecule has 0 aromatic heterocycles. The van der Waals surface area contributed by atoms with Gasteiger partial charge in [0.2, 0.25) is 0 Å². The molecule has 0 aliphatic carbocycles. The van der Waals surface area contributed by atoms with E-state index in [1.165, 1.54) is 13.2 Å². The third-order valence-electron chi connectivity index (χ3n) is 3.00. The van der Waals surface area contributed by atoms with Gasteiger partial charge >= 0.3 is 0 Å². The standard InChI is InChI=1S/C15H14BrFO2S/c1-19-14-8-13(17)12(16)7-11(14)15(18)9-3-5-10(20-2)6-4-9/h3-8,15,18H,1-2H3. The Morgan fingerprint density at radius 3 is 2.45 bits per heavy atom. The van der Waals surface area contributed by atoms with Crippen LogP contribution in [0.25, 0.3) is 0 Å². The predicted molar refractivity (Wildman–Crippen MR) is 82.9 cm³/mol. The van der Waals surface area contributed by atoms with Gasteiger partial charge in [0, 0.05) is 16.5 Å². The van der Waals surface area contributed by atoms with E-state index in [0.717, 1.165) is 10.5 Å². The van der Waals surface area contributed by atoms with Crippen LogP contribution < -0.4 is 4.74 Å². The minimum Gasteiger partial charge on any atom is -0.496 e. The Hall–Kier alpha value is -1.04. The maximum absolute atomic E-state index is 13.5. The van der Waals surface area contributed by atoms with Crippen LogP contribution >= 0.6 is 27.7 Å². The van der Waals surface area contributed by atoms with Gasteiger partial charge in [-0.3, -0.25) is 0 Å². The third-order valence-corrected chi connectivity index (χ3v) is 4.35. The fraction of sp³-hybridized carbons (Fsp3) is 0.200. The number of halogens is 2. The summed E-state index contributed by atoms with van der Waals surface area (Å²) in [4.78, 5) is 1.12. The van der Waals surface area contributed by atoms with Crippen LogP contribution in [-0.4, -0.2) is 18.5 Å². The number of rotatable bonds is 4. The Morgan fingerprint density at radius 1 is 1.25 bits per heavy atom. The molecule has 1 atom stereocenters. The van der Waals surface area contributed by atoms with Gasteiger partial charge in [-0.15, -0.1) is 11.8 Å². The van der Waals surface area contributed by atoms with Crippen LogP contribution in [0.1, 0.15) is 17.2 Å². The number of aliphatic hydroxyl groups excluding tert-OH is 1. The van der Waals surface area contributed by atoms with Crippen molar-refractivity contribution in [3.63, 3.8) is 0 Å². The molecule has 1 N–H and O–H groups in total. The molecule has 0 saturated heterocycles. The summed E-state index contributed by atoms with van der Waals surface area (Å²) in [5, 5.41) is 10.5. The summed E-state index contributed by atoms with van der Waals surface area (Å²) in [6, 6.07) is 10.4. The Balaban J connectivity index is 2.41. The molecule has 0 radical (unpaired) electrons. The summed E-state index contributed by atoms with van der Waals surface area (Å²) in [6.45, 7) is 0. The zero-order valence-corrected chi connectivity index (χ0v) is 13.5. The van der Waals surface area contributed by atoms with Crippen LogP contribution in [0.2, 0.25) is 0 Å². The highest BCUT2D eigenvalue weighted by molar-refractivity contribution is 9.10. The van der Waals surface area contributed by atoms with Crippen molar-refractivity contribution in [2.24, 2.45) is 0 Å². The summed E-state index contributed by atoms with van der Waals surface area (Å²) in [5.41, 5.74) is 1.26. The van der Waals surface area contributed by atoms with E-state index in [9.17, 15) is 9.50 Å². The van der Waals surface area contributed by atoms with Gasteiger partial charge in [0.05, 0.1) is 11.6 Å². The van der Waals surface area contributed by atoms with Crippen LogP contribution in [0, 0.1) is 5.82 Å². The van der Waals surface area contributed by atoms with Gasteiger partial charge in [-0.25, -0.2) is 4.39 Å². The predicted octanol–water partition coefficient (Wildman–Crippen LogP) is 4.40. The Bertz CT molecular complexity index is 602. The zero-order chi connectivity index (χ0) is 14.7. The van der Waals surface area contributed by atoms with Crippen molar-refractivity contribution in [2.45, 2.75) is 11.0 Å². The number of hydrogen-bond acceptors (Lipinski definition) is 3. The molecule has 0 amide bonds. The largest absolute Gasteiger partial charge is 0.496 e. The van der Waals surface area contributed by atoms with Crippen molar-refractivity contribution in [1.29, 1.82) is 0 Å². The molecule has 106 valence electrons. The summed E-state index contributed by atoms with van der Waals surface area (Å²) < 4.78 is 18.9. The molecule has 0 aliphatic rings. The van der Waals surface area contributed by atoms with Crippen LogP contribution in [0.5, 0.6) is 5.75 Å². The number of ether oxygens (including phenoxy) is 1. The highest BCUT2D eigenvalue weighted by atomic mass is 79.9. The zero-order valence-electron chi connectivity index (χ0n) is 11.1. The van der Waals surface area contributed by atoms with Gasteiger partial charge in [-0.05, 0) is 45.9 Å². The molecule has 0 fully saturated rings. The molecular formula is C15H14BrFO2S. The van der Waals surface area contributed by atoms with Crippen molar-refractivity contribution in [1.82, 2.24) is 0 Å². The first kappa shape index (κ1) is 15.4. The molecular weight excluding hydrogens is 343 g/mol. The minimum atomic E-state index is -0.863. The first-order valence-corrected chi connectivity index (χ1v) is 7.93. The van der Waals surface area contributed by atoms with Crippen molar-refractivity contribution in [2.75, 3.05) is 13.4 Å². The average molecular weight is 357 g/mol. The van der Waals surface area contributed by atoms with Crippen LogP contribution in [-0.2, 0) is 0 Å². The first-order valence-electron chi connectivity index (χ1n) is 5.91. The number of aliphatic hydroxyl groups is 1. The van der Waals surface area contributed by atoms with Gasteiger partial charge in [-0.1, -0.05) is 12.1 Å². The number of benzene rings is 2. The lowest BCUT2D eigenvalue weighted by Crippen LogP contribution is -2.03. The molecule has 0 saturated carbocycles. The van der Waals surface area contributed by atoms with E-state index in [1.807, 2.05) is 30.5 Å².